The molecule has 2 aliphatic heterocycles. The van der Waals surface area contributed by atoms with E-state index in [2.05, 4.69) is 4.90 Å². The Labute approximate surface area is 194 Å². The van der Waals surface area contributed by atoms with E-state index < -0.39 is 5.97 Å². The number of carbonyl (C=O) groups is 2. The zero-order valence-corrected chi connectivity index (χ0v) is 18.9. The van der Waals surface area contributed by atoms with Gasteiger partial charge in [-0.15, -0.1) is 0 Å². The van der Waals surface area contributed by atoms with E-state index in [4.69, 9.17) is 18.9 Å². The Morgan fingerprint density at radius 1 is 1.03 bits per heavy atom. The Kier molecular flexibility index (Phi) is 7.67. The first-order valence-electron chi connectivity index (χ1n) is 11.3. The number of anilines is 1. The summed E-state index contributed by atoms with van der Waals surface area (Å²) in [7, 11) is 1.64. The van der Waals surface area contributed by atoms with Crippen LogP contribution in [0.5, 0.6) is 11.5 Å². The van der Waals surface area contributed by atoms with Gasteiger partial charge in [-0.2, -0.15) is 0 Å². The maximum absolute atomic E-state index is 12.6. The summed E-state index contributed by atoms with van der Waals surface area (Å²) in [6.45, 7) is 3.42. The van der Waals surface area contributed by atoms with E-state index >= 15 is 0 Å². The number of hydrogen-bond acceptors (Lipinski definition) is 7. The zero-order valence-electron chi connectivity index (χ0n) is 18.9. The molecule has 2 fully saturated rings. The number of nitrogens with zero attached hydrogens (tertiary/aromatic N) is 2. The summed E-state index contributed by atoms with van der Waals surface area (Å²) >= 11 is 0. The van der Waals surface area contributed by atoms with Gasteiger partial charge >= 0.3 is 5.97 Å². The molecule has 2 aromatic rings. The fraction of sp³-hybridized carbons (Fsp3) is 0.440. The third-order valence-electron chi connectivity index (χ3n) is 5.95. The van der Waals surface area contributed by atoms with Gasteiger partial charge in [-0.1, -0.05) is 12.1 Å². The molecular weight excluding hydrogens is 424 g/mol. The van der Waals surface area contributed by atoms with E-state index in [0.29, 0.717) is 44.1 Å². The van der Waals surface area contributed by atoms with Crippen LogP contribution in [-0.2, 0) is 14.3 Å². The number of methoxy groups -OCH3 is 1. The molecule has 0 N–H and O–H groups in total. The highest BCUT2D eigenvalue weighted by Gasteiger charge is 2.24. The molecule has 1 amide bonds. The van der Waals surface area contributed by atoms with Gasteiger partial charge in [-0.25, -0.2) is 4.79 Å². The van der Waals surface area contributed by atoms with Gasteiger partial charge in [-0.05, 0) is 49.2 Å². The van der Waals surface area contributed by atoms with Crippen molar-refractivity contribution in [3.8, 4) is 11.5 Å². The molecule has 176 valence electrons. The number of piperazine rings is 1. The fourth-order valence-corrected chi connectivity index (χ4v) is 4.02. The Morgan fingerprint density at radius 3 is 2.48 bits per heavy atom. The lowest BCUT2D eigenvalue weighted by atomic mass is 10.2. The minimum absolute atomic E-state index is 0.0484. The first kappa shape index (κ1) is 22.9. The third kappa shape index (κ3) is 5.96. The molecule has 2 saturated heterocycles. The number of carbonyl (C=O) groups excluding carboxylic acids is 2. The highest BCUT2D eigenvalue weighted by molar-refractivity contribution is 5.94. The van der Waals surface area contributed by atoms with E-state index in [1.54, 1.807) is 36.3 Å². The summed E-state index contributed by atoms with van der Waals surface area (Å²) < 4.78 is 21.9. The number of para-hydroxylation sites is 1. The predicted octanol–water partition coefficient (Wildman–Crippen LogP) is 2.76. The summed E-state index contributed by atoms with van der Waals surface area (Å²) in [4.78, 5) is 29.2. The number of benzene rings is 2. The molecule has 0 aliphatic carbocycles. The Balaban J connectivity index is 1.25. The topological polar surface area (TPSA) is 77.5 Å². The highest BCUT2D eigenvalue weighted by Crippen LogP contribution is 2.22. The van der Waals surface area contributed by atoms with Crippen LogP contribution in [0.4, 0.5) is 5.69 Å². The highest BCUT2D eigenvalue weighted by atomic mass is 16.5. The minimum atomic E-state index is -0.567. The molecule has 0 aromatic heterocycles. The van der Waals surface area contributed by atoms with E-state index in [1.807, 2.05) is 24.3 Å². The molecular formula is C25H30N2O6. The molecule has 1 atom stereocenters. The summed E-state index contributed by atoms with van der Waals surface area (Å²) in [5, 5.41) is 0. The van der Waals surface area contributed by atoms with Crippen LogP contribution in [0.1, 0.15) is 23.2 Å². The fourth-order valence-electron chi connectivity index (χ4n) is 4.02. The quantitative estimate of drug-likeness (QED) is 0.568. The lowest BCUT2D eigenvalue weighted by Gasteiger charge is -2.36. The second-order valence-electron chi connectivity index (χ2n) is 8.08. The standard InChI is InChI=1S/C25H30N2O6/c1-30-20-10-8-19(9-11-20)26-12-14-27(15-13-26)24(28)18-33-25(29)22-6-2-3-7-23(22)32-17-21-5-4-16-31-21/h2-3,6-11,21H,4-5,12-18H2,1H3. The molecule has 0 spiro atoms. The predicted molar refractivity (Wildman–Crippen MR) is 123 cm³/mol. The number of esters is 1. The third-order valence-corrected chi connectivity index (χ3v) is 5.95. The molecule has 4 rings (SSSR count). The average molecular weight is 455 g/mol. The Hall–Kier alpha value is -3.26. The molecule has 8 heteroatoms. The zero-order chi connectivity index (χ0) is 23.0. The van der Waals surface area contributed by atoms with Gasteiger partial charge in [0.25, 0.3) is 5.91 Å². The van der Waals surface area contributed by atoms with Crippen LogP contribution in [0.2, 0.25) is 0 Å². The van der Waals surface area contributed by atoms with Crippen molar-refractivity contribution in [1.82, 2.24) is 4.90 Å². The van der Waals surface area contributed by atoms with Crippen LogP contribution in [0, 0.1) is 0 Å². The van der Waals surface area contributed by atoms with Crippen LogP contribution < -0.4 is 14.4 Å². The molecule has 0 saturated carbocycles. The van der Waals surface area contributed by atoms with Crippen molar-refractivity contribution in [1.29, 1.82) is 0 Å². The van der Waals surface area contributed by atoms with Gasteiger partial charge in [0.05, 0.1) is 13.2 Å². The minimum Gasteiger partial charge on any atom is -0.497 e. The average Bonchev–Trinajstić information content (AvgIpc) is 3.40. The van der Waals surface area contributed by atoms with E-state index in [1.165, 1.54) is 0 Å². The van der Waals surface area contributed by atoms with Crippen molar-refractivity contribution in [2.45, 2.75) is 18.9 Å². The molecule has 0 radical (unpaired) electrons. The summed E-state index contributed by atoms with van der Waals surface area (Å²) in [5.41, 5.74) is 1.40. The lowest BCUT2D eigenvalue weighted by molar-refractivity contribution is -0.134. The van der Waals surface area contributed by atoms with Gasteiger partial charge in [0, 0.05) is 38.5 Å². The van der Waals surface area contributed by atoms with Crippen LogP contribution in [-0.4, -0.2) is 76.0 Å². The first-order chi connectivity index (χ1) is 16.1. The largest absolute Gasteiger partial charge is 0.497 e. The first-order valence-corrected chi connectivity index (χ1v) is 11.3. The molecule has 33 heavy (non-hydrogen) atoms. The summed E-state index contributed by atoms with van der Waals surface area (Å²) in [6.07, 6.45) is 2.02. The number of hydrogen-bond donors (Lipinski definition) is 0. The van der Waals surface area contributed by atoms with E-state index in [9.17, 15) is 9.59 Å². The van der Waals surface area contributed by atoms with Crippen molar-refractivity contribution in [2.75, 3.05) is 58.0 Å². The maximum Gasteiger partial charge on any atom is 0.342 e. The van der Waals surface area contributed by atoms with Crippen LogP contribution in [0.3, 0.4) is 0 Å². The van der Waals surface area contributed by atoms with Gasteiger partial charge in [0.2, 0.25) is 0 Å². The van der Waals surface area contributed by atoms with Gasteiger partial charge in [0.15, 0.2) is 6.61 Å². The summed E-state index contributed by atoms with van der Waals surface area (Å²) in [5.74, 6) is 0.491. The van der Waals surface area contributed by atoms with E-state index in [0.717, 1.165) is 30.9 Å². The van der Waals surface area contributed by atoms with Crippen molar-refractivity contribution in [3.05, 3.63) is 54.1 Å². The SMILES string of the molecule is COc1ccc(N2CCN(C(=O)COC(=O)c3ccccc3OCC3CCCO3)CC2)cc1. The molecule has 2 aromatic carbocycles. The van der Waals surface area contributed by atoms with Crippen molar-refractivity contribution < 1.29 is 28.5 Å². The second kappa shape index (κ2) is 11.0. The monoisotopic (exact) mass is 454 g/mol. The molecule has 8 nitrogen and oxygen atoms in total. The van der Waals surface area contributed by atoms with Crippen LogP contribution in [0.25, 0.3) is 0 Å². The maximum atomic E-state index is 12.6. The van der Waals surface area contributed by atoms with Crippen molar-refractivity contribution in [3.63, 3.8) is 0 Å². The van der Waals surface area contributed by atoms with Gasteiger partial charge in [0.1, 0.15) is 23.7 Å². The van der Waals surface area contributed by atoms with Crippen molar-refractivity contribution >= 4 is 17.6 Å². The molecule has 2 aliphatic rings. The normalized spacial score (nSPS) is 18.2. The molecule has 1 unspecified atom stereocenters. The van der Waals surface area contributed by atoms with Crippen LogP contribution >= 0.6 is 0 Å². The van der Waals surface area contributed by atoms with Gasteiger partial charge in [-0.3, -0.25) is 4.79 Å². The van der Waals surface area contributed by atoms with Crippen LogP contribution in [0.15, 0.2) is 48.5 Å². The Bertz CT molecular complexity index is 934. The summed E-state index contributed by atoms with van der Waals surface area (Å²) in [6, 6.07) is 14.8. The van der Waals surface area contributed by atoms with Gasteiger partial charge < -0.3 is 28.7 Å². The second-order valence-corrected chi connectivity index (χ2v) is 8.08. The Morgan fingerprint density at radius 2 is 1.79 bits per heavy atom. The lowest BCUT2D eigenvalue weighted by Crippen LogP contribution is -2.49. The van der Waals surface area contributed by atoms with E-state index in [-0.39, 0.29) is 18.6 Å². The number of ether oxygens (including phenoxy) is 4. The number of amides is 1. The smallest absolute Gasteiger partial charge is 0.342 e. The molecule has 0 bridgehead atoms. The number of rotatable bonds is 8. The molecule has 2 heterocycles. The van der Waals surface area contributed by atoms with Crippen molar-refractivity contribution in [2.24, 2.45) is 0 Å².